The number of amides is 2. The molecule has 0 saturated carbocycles. The Bertz CT molecular complexity index is 1240. The molecule has 1 aliphatic rings. The molecule has 0 fully saturated rings. The van der Waals surface area contributed by atoms with Crippen LogP contribution >= 0.6 is 23.2 Å². The lowest BCUT2D eigenvalue weighted by molar-refractivity contribution is -0.181. The Labute approximate surface area is 195 Å². The van der Waals surface area contributed by atoms with E-state index >= 15 is 0 Å². The van der Waals surface area contributed by atoms with E-state index < -0.39 is 30.3 Å². The predicted octanol–water partition coefficient (Wildman–Crippen LogP) is 4.06. The topological polar surface area (TPSA) is 105 Å². The summed E-state index contributed by atoms with van der Waals surface area (Å²) < 4.78 is 48.7. The molecule has 3 aromatic heterocycles. The van der Waals surface area contributed by atoms with Gasteiger partial charge in [0.05, 0.1) is 35.6 Å². The van der Waals surface area contributed by atoms with Gasteiger partial charge in [0.1, 0.15) is 17.0 Å². The van der Waals surface area contributed by atoms with Gasteiger partial charge in [0.15, 0.2) is 10.8 Å². The molecule has 4 heterocycles. The molecule has 1 unspecified atom stereocenters. The summed E-state index contributed by atoms with van der Waals surface area (Å²) >= 11 is 12.0. The number of alkyl halides is 3. The third kappa shape index (κ3) is 4.13. The van der Waals surface area contributed by atoms with Crippen LogP contribution < -0.4 is 15.0 Å². The Morgan fingerprint density at radius 2 is 2.06 bits per heavy atom. The fourth-order valence-corrected chi connectivity index (χ4v) is 3.88. The number of anilines is 2. The minimum absolute atomic E-state index is 0.0260. The van der Waals surface area contributed by atoms with Gasteiger partial charge < -0.3 is 15.2 Å². The number of aliphatic hydroxyl groups is 1. The average Bonchev–Trinajstić information content (AvgIpc) is 3.24. The van der Waals surface area contributed by atoms with Gasteiger partial charge in [-0.15, -0.1) is 0 Å². The second kappa shape index (κ2) is 8.19. The molecular weight excluding hydrogens is 488 g/mol. The Kier molecular flexibility index (Phi) is 5.79. The molecule has 0 spiro atoms. The van der Waals surface area contributed by atoms with Crippen LogP contribution in [0.2, 0.25) is 10.2 Å². The zero-order valence-electron chi connectivity index (χ0n) is 17.2. The van der Waals surface area contributed by atoms with E-state index in [1.807, 2.05) is 0 Å². The molecule has 9 nitrogen and oxygen atoms in total. The lowest BCUT2D eigenvalue weighted by atomic mass is 9.88. The van der Waals surface area contributed by atoms with E-state index in [2.05, 4.69) is 20.4 Å². The first-order valence-corrected chi connectivity index (χ1v) is 10.3. The van der Waals surface area contributed by atoms with E-state index in [4.69, 9.17) is 27.9 Å². The molecule has 0 radical (unpaired) electrons. The van der Waals surface area contributed by atoms with Crippen LogP contribution in [-0.4, -0.2) is 56.2 Å². The van der Waals surface area contributed by atoms with Gasteiger partial charge in [-0.2, -0.15) is 18.3 Å². The predicted molar refractivity (Wildman–Crippen MR) is 114 cm³/mol. The highest BCUT2D eigenvalue weighted by Gasteiger charge is 2.60. The first kappa shape index (κ1) is 23.3. The Morgan fingerprint density at radius 3 is 2.70 bits per heavy atom. The molecule has 2 N–H and O–H groups in total. The first-order chi connectivity index (χ1) is 15.4. The molecule has 2 atom stereocenters. The fourth-order valence-electron chi connectivity index (χ4n) is 3.48. The summed E-state index contributed by atoms with van der Waals surface area (Å²) in [4.78, 5) is 21.9. The molecule has 0 saturated heterocycles. The van der Waals surface area contributed by atoms with Crippen molar-refractivity contribution < 1.29 is 27.8 Å². The molecule has 2 amide bonds. The monoisotopic (exact) mass is 504 g/mol. The van der Waals surface area contributed by atoms with Gasteiger partial charge in [-0.1, -0.05) is 23.2 Å². The van der Waals surface area contributed by atoms with Gasteiger partial charge >= 0.3 is 12.2 Å². The van der Waals surface area contributed by atoms with Gasteiger partial charge in [-0.25, -0.2) is 19.3 Å². The number of fused-ring (bicyclic) bond motifs is 3. The molecule has 1 aliphatic heterocycles. The van der Waals surface area contributed by atoms with E-state index in [1.165, 1.54) is 31.5 Å². The van der Waals surface area contributed by atoms with Gasteiger partial charge in [0, 0.05) is 12.6 Å². The highest BCUT2D eigenvalue weighted by Crippen LogP contribution is 2.50. The van der Waals surface area contributed by atoms with Crippen molar-refractivity contribution in [2.24, 2.45) is 0 Å². The number of rotatable bonds is 4. The van der Waals surface area contributed by atoms with Crippen LogP contribution in [0.25, 0.3) is 5.65 Å². The van der Waals surface area contributed by atoms with Crippen molar-refractivity contribution in [3.8, 4) is 5.88 Å². The SMILES string of the molecule is CC(O)COc1ncc(NC(=O)N2C[C@@](C)(C(F)(F)F)c3c2cnc2cc(Cl)nn32)cc1Cl. The molecular formula is C19H17Cl2F3N6O3. The maximum absolute atomic E-state index is 14.1. The second-order valence-corrected chi connectivity index (χ2v) is 8.54. The van der Waals surface area contributed by atoms with Crippen molar-refractivity contribution in [2.75, 3.05) is 23.4 Å². The zero-order valence-corrected chi connectivity index (χ0v) is 18.7. The van der Waals surface area contributed by atoms with Crippen LogP contribution in [-0.2, 0) is 5.41 Å². The molecule has 3 aromatic rings. The van der Waals surface area contributed by atoms with Gasteiger partial charge in [-0.05, 0) is 19.9 Å². The minimum atomic E-state index is -4.70. The Morgan fingerprint density at radius 1 is 1.33 bits per heavy atom. The van der Waals surface area contributed by atoms with Crippen molar-refractivity contribution in [3.05, 3.63) is 40.4 Å². The summed E-state index contributed by atoms with van der Waals surface area (Å²) in [6.45, 7) is 1.76. The van der Waals surface area contributed by atoms with E-state index in [-0.39, 0.29) is 45.4 Å². The number of carbonyl (C=O) groups is 1. The number of halogens is 5. The molecule has 33 heavy (non-hydrogen) atoms. The van der Waals surface area contributed by atoms with Crippen LogP contribution in [0.4, 0.5) is 29.3 Å². The maximum Gasteiger partial charge on any atom is 0.401 e. The lowest BCUT2D eigenvalue weighted by Crippen LogP contribution is -2.46. The maximum atomic E-state index is 14.1. The number of aromatic nitrogens is 4. The fraction of sp³-hybridized carbons (Fsp3) is 0.368. The molecule has 4 rings (SSSR count). The summed E-state index contributed by atoms with van der Waals surface area (Å²) in [5, 5.41) is 15.7. The van der Waals surface area contributed by atoms with Crippen molar-refractivity contribution >= 4 is 46.3 Å². The number of hydrogen-bond donors (Lipinski definition) is 2. The summed E-state index contributed by atoms with van der Waals surface area (Å²) in [6.07, 6.45) is -3.03. The third-order valence-electron chi connectivity index (χ3n) is 5.11. The van der Waals surface area contributed by atoms with E-state index in [0.717, 1.165) is 16.3 Å². The number of carbonyl (C=O) groups excluding carboxylic acids is 1. The summed E-state index contributed by atoms with van der Waals surface area (Å²) in [7, 11) is 0. The normalized spacial score (nSPS) is 19.0. The summed E-state index contributed by atoms with van der Waals surface area (Å²) in [5.74, 6) is 0.0360. The van der Waals surface area contributed by atoms with Crippen LogP contribution in [0.15, 0.2) is 24.5 Å². The average molecular weight is 505 g/mol. The minimum Gasteiger partial charge on any atom is -0.474 e. The largest absolute Gasteiger partial charge is 0.474 e. The number of hydrogen-bond acceptors (Lipinski definition) is 6. The van der Waals surface area contributed by atoms with E-state index in [9.17, 15) is 23.1 Å². The number of aliphatic hydroxyl groups excluding tert-OH is 1. The zero-order chi connectivity index (χ0) is 24.1. The van der Waals surface area contributed by atoms with E-state index in [1.54, 1.807) is 0 Å². The Balaban J connectivity index is 1.66. The molecule has 0 aliphatic carbocycles. The van der Waals surface area contributed by atoms with Crippen molar-refractivity contribution in [3.63, 3.8) is 0 Å². The molecule has 14 heteroatoms. The van der Waals surface area contributed by atoms with Crippen LogP contribution in [0.1, 0.15) is 19.5 Å². The first-order valence-electron chi connectivity index (χ1n) is 9.57. The molecule has 0 bridgehead atoms. The van der Waals surface area contributed by atoms with Gasteiger partial charge in [0.2, 0.25) is 5.88 Å². The van der Waals surface area contributed by atoms with Crippen LogP contribution in [0.3, 0.4) is 0 Å². The Hall–Kier alpha value is -2.83. The highest BCUT2D eigenvalue weighted by atomic mass is 35.5. The van der Waals surface area contributed by atoms with Crippen molar-refractivity contribution in [1.29, 1.82) is 0 Å². The van der Waals surface area contributed by atoms with E-state index in [0.29, 0.717) is 0 Å². The van der Waals surface area contributed by atoms with Crippen molar-refractivity contribution in [1.82, 2.24) is 19.6 Å². The lowest BCUT2D eigenvalue weighted by Gasteiger charge is -2.28. The van der Waals surface area contributed by atoms with Crippen LogP contribution in [0, 0.1) is 0 Å². The summed E-state index contributed by atoms with van der Waals surface area (Å²) in [5.41, 5.74) is -2.48. The highest BCUT2D eigenvalue weighted by molar-refractivity contribution is 6.32. The number of urea groups is 1. The second-order valence-electron chi connectivity index (χ2n) is 7.75. The summed E-state index contributed by atoms with van der Waals surface area (Å²) in [6, 6.07) is 1.81. The quantitative estimate of drug-likeness (QED) is 0.554. The smallest absolute Gasteiger partial charge is 0.401 e. The van der Waals surface area contributed by atoms with Crippen molar-refractivity contribution in [2.45, 2.75) is 31.5 Å². The number of ether oxygens (including phenoxy) is 1. The number of pyridine rings is 1. The third-order valence-corrected chi connectivity index (χ3v) is 5.57. The molecule has 176 valence electrons. The van der Waals surface area contributed by atoms with Gasteiger partial charge in [-0.3, -0.25) is 4.90 Å². The molecule has 0 aromatic carbocycles. The van der Waals surface area contributed by atoms with Crippen LogP contribution in [0.5, 0.6) is 5.88 Å². The standard InChI is InChI=1S/C19H17Cl2F3N6O3/c1-9(31)7-33-16-11(20)3-10(5-26-16)27-17(32)29-8-18(2,19(22,23)24)15-12(29)6-25-14-4-13(21)28-30(14)15/h3-6,9,31H,7-8H2,1-2H3,(H,27,32)/t9?,18-/m1/s1. The van der Waals surface area contributed by atoms with Gasteiger partial charge in [0.25, 0.3) is 0 Å². The number of nitrogens with one attached hydrogen (secondary N) is 1. The number of nitrogens with zero attached hydrogens (tertiary/aromatic N) is 5.